The minimum absolute atomic E-state index is 0.279. The number of hydrogen-bond donors (Lipinski definition) is 3. The summed E-state index contributed by atoms with van der Waals surface area (Å²) in [5, 5.41) is 10.6. The fourth-order valence-electron chi connectivity index (χ4n) is 4.62. The number of nitrogen functional groups attached to an aromatic ring is 1. The van der Waals surface area contributed by atoms with Gasteiger partial charge in [0, 0.05) is 42.3 Å². The lowest BCUT2D eigenvalue weighted by Crippen LogP contribution is -2.48. The van der Waals surface area contributed by atoms with Crippen LogP contribution in [0.2, 0.25) is 0 Å². The van der Waals surface area contributed by atoms with Crippen molar-refractivity contribution >= 4 is 50.2 Å². The number of amides is 3. The van der Waals surface area contributed by atoms with Crippen LogP contribution >= 0.6 is 15.9 Å². The van der Waals surface area contributed by atoms with Crippen molar-refractivity contribution in [1.29, 1.82) is 0 Å². The van der Waals surface area contributed by atoms with E-state index >= 15 is 0 Å². The molecule has 33 heavy (non-hydrogen) atoms. The maximum Gasteiger partial charge on any atom is 0.322 e. The SMILES string of the molecule is Nc1c(Br)c(CN2CCC3(C2)NC(=O)NC3=O)nc2c(-c3cnc4ccccc4c3)cnn12. The van der Waals surface area contributed by atoms with Crippen LogP contribution in [0.5, 0.6) is 0 Å². The molecular formula is C22H19BrN8O2. The topological polar surface area (TPSA) is 131 Å². The number of imide groups is 1. The number of nitrogens with zero attached hydrogens (tertiary/aromatic N) is 5. The minimum Gasteiger partial charge on any atom is -0.383 e. The van der Waals surface area contributed by atoms with Gasteiger partial charge in [-0.05, 0) is 34.5 Å². The van der Waals surface area contributed by atoms with Gasteiger partial charge in [-0.15, -0.1) is 0 Å². The van der Waals surface area contributed by atoms with Gasteiger partial charge in [0.15, 0.2) is 5.65 Å². The molecule has 0 radical (unpaired) electrons. The number of rotatable bonds is 3. The van der Waals surface area contributed by atoms with Crippen LogP contribution in [-0.4, -0.2) is 55.0 Å². The van der Waals surface area contributed by atoms with E-state index in [2.05, 4.69) is 47.6 Å². The Morgan fingerprint density at radius 1 is 1.21 bits per heavy atom. The van der Waals surface area contributed by atoms with Gasteiger partial charge in [-0.25, -0.2) is 9.78 Å². The predicted octanol–water partition coefficient (Wildman–Crippen LogP) is 2.07. The number of halogens is 1. The summed E-state index contributed by atoms with van der Waals surface area (Å²) in [6.07, 6.45) is 4.09. The maximum absolute atomic E-state index is 12.3. The second-order valence-corrected chi connectivity index (χ2v) is 9.21. The zero-order chi connectivity index (χ0) is 22.7. The Morgan fingerprint density at radius 2 is 2.06 bits per heavy atom. The number of fused-ring (bicyclic) bond motifs is 2. The lowest BCUT2D eigenvalue weighted by molar-refractivity contribution is -0.123. The van der Waals surface area contributed by atoms with Crippen molar-refractivity contribution < 1.29 is 9.59 Å². The Labute approximate surface area is 196 Å². The number of likely N-dealkylation sites (tertiary alicyclic amines) is 1. The summed E-state index contributed by atoms with van der Waals surface area (Å²) in [6, 6.07) is 9.54. The molecule has 1 spiro atoms. The number of para-hydroxylation sites is 1. The van der Waals surface area contributed by atoms with Crippen LogP contribution in [0.4, 0.5) is 10.6 Å². The summed E-state index contributed by atoms with van der Waals surface area (Å²) < 4.78 is 2.26. The van der Waals surface area contributed by atoms with Gasteiger partial charge >= 0.3 is 6.03 Å². The van der Waals surface area contributed by atoms with Gasteiger partial charge in [0.2, 0.25) is 0 Å². The van der Waals surface area contributed by atoms with E-state index in [4.69, 9.17) is 10.7 Å². The van der Waals surface area contributed by atoms with E-state index in [0.29, 0.717) is 42.0 Å². The monoisotopic (exact) mass is 506 g/mol. The van der Waals surface area contributed by atoms with E-state index < -0.39 is 11.6 Å². The molecule has 0 bridgehead atoms. The van der Waals surface area contributed by atoms with Crippen LogP contribution in [0.25, 0.3) is 27.7 Å². The Kier molecular flexibility index (Phi) is 4.39. The van der Waals surface area contributed by atoms with E-state index in [9.17, 15) is 9.59 Å². The van der Waals surface area contributed by atoms with E-state index in [-0.39, 0.29) is 5.91 Å². The normalized spacial score (nSPS) is 20.8. The molecule has 2 saturated heterocycles. The van der Waals surface area contributed by atoms with Crippen molar-refractivity contribution in [2.75, 3.05) is 18.8 Å². The summed E-state index contributed by atoms with van der Waals surface area (Å²) in [5.74, 6) is 0.162. The van der Waals surface area contributed by atoms with Crippen molar-refractivity contribution in [3.8, 4) is 11.1 Å². The molecule has 1 atom stereocenters. The molecule has 2 fully saturated rings. The second-order valence-electron chi connectivity index (χ2n) is 8.42. The first-order valence-corrected chi connectivity index (χ1v) is 11.3. The molecule has 3 aromatic heterocycles. The highest BCUT2D eigenvalue weighted by Gasteiger charge is 2.50. The number of carbonyl (C=O) groups is 2. The van der Waals surface area contributed by atoms with Gasteiger partial charge in [0.05, 0.1) is 21.9 Å². The highest BCUT2D eigenvalue weighted by molar-refractivity contribution is 9.10. The third-order valence-electron chi connectivity index (χ3n) is 6.33. The Hall–Kier alpha value is -3.57. The first kappa shape index (κ1) is 20.1. The molecule has 4 N–H and O–H groups in total. The van der Waals surface area contributed by atoms with Crippen molar-refractivity contribution in [1.82, 2.24) is 35.1 Å². The fraction of sp³-hybridized carbons (Fsp3) is 0.227. The summed E-state index contributed by atoms with van der Waals surface area (Å²) in [6.45, 7) is 1.52. The van der Waals surface area contributed by atoms with Crippen LogP contribution < -0.4 is 16.4 Å². The minimum atomic E-state index is -0.877. The molecule has 11 heteroatoms. The van der Waals surface area contributed by atoms with Gasteiger partial charge in [-0.3, -0.25) is 20.0 Å². The molecule has 0 saturated carbocycles. The third kappa shape index (κ3) is 3.15. The van der Waals surface area contributed by atoms with Gasteiger partial charge in [0.1, 0.15) is 11.4 Å². The number of anilines is 1. The van der Waals surface area contributed by atoms with Gasteiger partial charge in [-0.1, -0.05) is 18.2 Å². The van der Waals surface area contributed by atoms with Gasteiger partial charge in [-0.2, -0.15) is 9.61 Å². The molecule has 0 aliphatic carbocycles. The first-order valence-electron chi connectivity index (χ1n) is 10.5. The van der Waals surface area contributed by atoms with E-state index in [1.165, 1.54) is 0 Å². The molecule has 2 aliphatic heterocycles. The average Bonchev–Trinajstić information content (AvgIpc) is 3.49. The lowest BCUT2D eigenvalue weighted by atomic mass is 10.00. The zero-order valence-electron chi connectivity index (χ0n) is 17.4. The van der Waals surface area contributed by atoms with Crippen LogP contribution in [0, 0.1) is 0 Å². The third-order valence-corrected chi connectivity index (χ3v) is 7.19. The maximum atomic E-state index is 12.3. The molecule has 1 aromatic carbocycles. The summed E-state index contributed by atoms with van der Waals surface area (Å²) in [5.41, 5.74) is 9.52. The summed E-state index contributed by atoms with van der Waals surface area (Å²) in [7, 11) is 0. The van der Waals surface area contributed by atoms with E-state index in [1.54, 1.807) is 10.7 Å². The number of nitrogens with two attached hydrogens (primary N) is 1. The van der Waals surface area contributed by atoms with Gasteiger partial charge in [0.25, 0.3) is 5.91 Å². The quantitative estimate of drug-likeness (QED) is 0.362. The predicted molar refractivity (Wildman–Crippen MR) is 125 cm³/mol. The lowest BCUT2D eigenvalue weighted by Gasteiger charge is -2.21. The van der Waals surface area contributed by atoms with E-state index in [0.717, 1.165) is 27.7 Å². The molecule has 6 rings (SSSR count). The zero-order valence-corrected chi connectivity index (χ0v) is 19.0. The van der Waals surface area contributed by atoms with Crippen LogP contribution in [-0.2, 0) is 11.3 Å². The summed E-state index contributed by atoms with van der Waals surface area (Å²) in [4.78, 5) is 35.4. The number of pyridine rings is 1. The van der Waals surface area contributed by atoms with Crippen molar-refractivity contribution in [2.24, 2.45) is 0 Å². The van der Waals surface area contributed by atoms with Crippen molar-refractivity contribution in [3.05, 3.63) is 52.9 Å². The Balaban J connectivity index is 1.37. The molecular weight excluding hydrogens is 488 g/mol. The molecule has 1 unspecified atom stereocenters. The van der Waals surface area contributed by atoms with Crippen molar-refractivity contribution in [3.63, 3.8) is 0 Å². The molecule has 166 valence electrons. The second kappa shape index (κ2) is 7.22. The van der Waals surface area contributed by atoms with Crippen LogP contribution in [0.1, 0.15) is 12.1 Å². The summed E-state index contributed by atoms with van der Waals surface area (Å²) >= 11 is 3.57. The van der Waals surface area contributed by atoms with Crippen LogP contribution in [0.15, 0.2) is 47.2 Å². The van der Waals surface area contributed by atoms with E-state index in [1.807, 2.05) is 30.5 Å². The largest absolute Gasteiger partial charge is 0.383 e. The fourth-order valence-corrected chi connectivity index (χ4v) is 5.00. The Morgan fingerprint density at radius 3 is 2.88 bits per heavy atom. The Bertz CT molecular complexity index is 1470. The molecule has 2 aliphatic rings. The smallest absolute Gasteiger partial charge is 0.322 e. The highest BCUT2D eigenvalue weighted by atomic mass is 79.9. The molecule has 5 heterocycles. The number of benzene rings is 1. The molecule has 4 aromatic rings. The standard InChI is InChI=1S/C22H19BrN8O2/c23-17-16(10-30-6-5-22(11-30)20(32)28-21(33)29-22)27-19-14(9-26-31(19)18(17)24)13-7-12-3-1-2-4-15(12)25-8-13/h1-4,7-9H,5-6,10-11,24H2,(H2,28,29,32,33). The molecule has 3 amide bonds. The molecule has 10 nitrogen and oxygen atoms in total. The average molecular weight is 507 g/mol. The van der Waals surface area contributed by atoms with Crippen molar-refractivity contribution in [2.45, 2.75) is 18.5 Å². The number of carbonyl (C=O) groups excluding carboxylic acids is 2. The number of aromatic nitrogens is 4. The number of hydrogen-bond acceptors (Lipinski definition) is 7. The first-order chi connectivity index (χ1) is 15.9. The number of urea groups is 1. The number of nitrogens with one attached hydrogen (secondary N) is 2. The van der Waals surface area contributed by atoms with Gasteiger partial charge < -0.3 is 11.1 Å². The highest BCUT2D eigenvalue weighted by Crippen LogP contribution is 2.33. The van der Waals surface area contributed by atoms with Crippen LogP contribution in [0.3, 0.4) is 0 Å².